The summed E-state index contributed by atoms with van der Waals surface area (Å²) in [6, 6.07) is 10.8. The van der Waals surface area contributed by atoms with Gasteiger partial charge in [0, 0.05) is 36.8 Å². The van der Waals surface area contributed by atoms with E-state index in [1.165, 1.54) is 24.8 Å². The van der Waals surface area contributed by atoms with Crippen molar-refractivity contribution in [3.8, 4) is 0 Å². The first-order valence-corrected chi connectivity index (χ1v) is 9.43. The van der Waals surface area contributed by atoms with E-state index in [1.54, 1.807) is 0 Å². The number of halogens is 1. The molecular weight excluding hydrogens is 348 g/mol. The first kappa shape index (κ1) is 18.9. The smallest absolute Gasteiger partial charge is 0.272 e. The minimum absolute atomic E-state index is 0. The van der Waals surface area contributed by atoms with Gasteiger partial charge in [-0.25, -0.2) is 0 Å². The maximum absolute atomic E-state index is 12.8. The topological polar surface area (TPSA) is 69.8 Å². The molecule has 1 fully saturated rings. The highest BCUT2D eigenvalue weighted by atomic mass is 35.5. The van der Waals surface area contributed by atoms with E-state index >= 15 is 0 Å². The van der Waals surface area contributed by atoms with Crippen molar-refractivity contribution in [2.24, 2.45) is 5.92 Å². The molecule has 2 unspecified atom stereocenters. The van der Waals surface area contributed by atoms with Crippen LogP contribution in [-0.2, 0) is 19.4 Å². The Bertz CT molecular complexity index is 731. The first-order valence-electron chi connectivity index (χ1n) is 9.43. The number of aromatic amines is 1. The summed E-state index contributed by atoms with van der Waals surface area (Å²) in [5, 5.41) is 14.0. The fourth-order valence-corrected chi connectivity index (χ4v) is 4.21. The quantitative estimate of drug-likeness (QED) is 0.770. The molecule has 1 aliphatic heterocycles. The van der Waals surface area contributed by atoms with Gasteiger partial charge < -0.3 is 10.6 Å². The molecule has 0 saturated heterocycles. The summed E-state index contributed by atoms with van der Waals surface area (Å²) < 4.78 is 0. The summed E-state index contributed by atoms with van der Waals surface area (Å²) in [6.45, 7) is 1.67. The summed E-state index contributed by atoms with van der Waals surface area (Å²) >= 11 is 0. The molecule has 6 heteroatoms. The van der Waals surface area contributed by atoms with Crippen molar-refractivity contribution in [2.75, 3.05) is 6.54 Å². The van der Waals surface area contributed by atoms with E-state index < -0.39 is 0 Å². The van der Waals surface area contributed by atoms with Crippen molar-refractivity contribution < 1.29 is 4.79 Å². The molecule has 2 aliphatic rings. The number of hydrogen-bond donors (Lipinski definition) is 3. The number of fused-ring (bicyclic) bond motifs is 1. The third-order valence-electron chi connectivity index (χ3n) is 5.59. The standard InChI is InChI=1S/C20H26N4O.ClH/c25-20(19-16-13-21-11-10-18(16)23-24-19)22-17-9-5-4-8-15(17)12-14-6-2-1-3-7-14;/h1-3,6-7,15,17,21H,4-5,8-13H2,(H,22,25)(H,23,24);1H. The molecule has 2 aromatic rings. The van der Waals surface area contributed by atoms with Gasteiger partial charge in [0.05, 0.1) is 0 Å². The van der Waals surface area contributed by atoms with Crippen LogP contribution in [0.5, 0.6) is 0 Å². The highest BCUT2D eigenvalue weighted by Crippen LogP contribution is 2.28. The molecule has 1 saturated carbocycles. The molecule has 5 nitrogen and oxygen atoms in total. The van der Waals surface area contributed by atoms with E-state index in [9.17, 15) is 4.79 Å². The first-order chi connectivity index (χ1) is 12.3. The van der Waals surface area contributed by atoms with Gasteiger partial charge >= 0.3 is 0 Å². The van der Waals surface area contributed by atoms with Gasteiger partial charge in [-0.05, 0) is 30.7 Å². The van der Waals surface area contributed by atoms with E-state index in [-0.39, 0.29) is 24.4 Å². The van der Waals surface area contributed by atoms with Crippen molar-refractivity contribution in [1.82, 2.24) is 20.8 Å². The van der Waals surface area contributed by atoms with E-state index in [1.807, 2.05) is 0 Å². The number of carbonyl (C=O) groups excluding carboxylic acids is 1. The lowest BCUT2D eigenvalue weighted by atomic mass is 9.80. The summed E-state index contributed by atoms with van der Waals surface area (Å²) in [5.41, 5.74) is 4.08. The average molecular weight is 375 g/mol. The summed E-state index contributed by atoms with van der Waals surface area (Å²) in [5.74, 6) is 0.485. The van der Waals surface area contributed by atoms with Gasteiger partial charge in [-0.1, -0.05) is 43.2 Å². The molecule has 1 aliphatic carbocycles. The number of carbonyl (C=O) groups is 1. The fraction of sp³-hybridized carbons (Fsp3) is 0.500. The third-order valence-corrected chi connectivity index (χ3v) is 5.59. The fourth-order valence-electron chi connectivity index (χ4n) is 4.21. The molecule has 2 heterocycles. The molecule has 3 N–H and O–H groups in total. The molecule has 0 spiro atoms. The van der Waals surface area contributed by atoms with Crippen LogP contribution >= 0.6 is 12.4 Å². The zero-order valence-corrected chi connectivity index (χ0v) is 15.8. The van der Waals surface area contributed by atoms with Crippen molar-refractivity contribution in [3.05, 3.63) is 52.8 Å². The largest absolute Gasteiger partial charge is 0.348 e. The molecule has 26 heavy (non-hydrogen) atoms. The summed E-state index contributed by atoms with van der Waals surface area (Å²) in [7, 11) is 0. The lowest BCUT2D eigenvalue weighted by Gasteiger charge is -2.32. The number of nitrogens with one attached hydrogen (secondary N) is 3. The third kappa shape index (κ3) is 4.10. The van der Waals surface area contributed by atoms with E-state index in [4.69, 9.17) is 0 Å². The Morgan fingerprint density at radius 1 is 1.19 bits per heavy atom. The van der Waals surface area contributed by atoms with Gasteiger partial charge in [0.25, 0.3) is 5.91 Å². The molecule has 1 aromatic carbocycles. The molecule has 0 bridgehead atoms. The minimum atomic E-state index is -0.0221. The number of hydrogen-bond acceptors (Lipinski definition) is 3. The van der Waals surface area contributed by atoms with Crippen LogP contribution in [0.25, 0.3) is 0 Å². The predicted molar refractivity (Wildman–Crippen MR) is 105 cm³/mol. The Hall–Kier alpha value is -1.85. The van der Waals surface area contributed by atoms with E-state index in [0.29, 0.717) is 11.6 Å². The van der Waals surface area contributed by atoms with Crippen LogP contribution in [0.4, 0.5) is 0 Å². The SMILES string of the molecule is Cl.O=C(NC1CCCCC1Cc1ccccc1)c1n[nH]c2c1CNCC2. The second-order valence-electron chi connectivity index (χ2n) is 7.27. The molecule has 4 rings (SSSR count). The van der Waals surface area contributed by atoms with Crippen LogP contribution in [0, 0.1) is 5.92 Å². The average Bonchev–Trinajstić information content (AvgIpc) is 3.08. The number of rotatable bonds is 4. The molecule has 1 amide bonds. The van der Waals surface area contributed by atoms with Crippen LogP contribution in [0.3, 0.4) is 0 Å². The summed E-state index contributed by atoms with van der Waals surface area (Å²) in [6.07, 6.45) is 6.64. The van der Waals surface area contributed by atoms with Gasteiger partial charge in [0.15, 0.2) is 5.69 Å². The number of benzene rings is 1. The molecular formula is C20H27ClN4O. The van der Waals surface area contributed by atoms with Gasteiger partial charge in [0.2, 0.25) is 0 Å². The monoisotopic (exact) mass is 374 g/mol. The Kier molecular flexibility index (Phi) is 6.33. The van der Waals surface area contributed by atoms with Gasteiger partial charge in [-0.3, -0.25) is 9.89 Å². The van der Waals surface area contributed by atoms with E-state index in [2.05, 4.69) is 51.2 Å². The van der Waals surface area contributed by atoms with Crippen molar-refractivity contribution >= 4 is 18.3 Å². The normalized spacial score (nSPS) is 22.2. The minimum Gasteiger partial charge on any atom is -0.348 e. The summed E-state index contributed by atoms with van der Waals surface area (Å²) in [4.78, 5) is 12.8. The Morgan fingerprint density at radius 3 is 2.85 bits per heavy atom. The zero-order chi connectivity index (χ0) is 17.1. The molecule has 2 atom stereocenters. The van der Waals surface area contributed by atoms with Crippen LogP contribution in [0.15, 0.2) is 30.3 Å². The Morgan fingerprint density at radius 2 is 2.00 bits per heavy atom. The molecule has 140 valence electrons. The second kappa shape index (κ2) is 8.69. The number of amides is 1. The maximum atomic E-state index is 12.8. The zero-order valence-electron chi connectivity index (χ0n) is 15.0. The van der Waals surface area contributed by atoms with Crippen molar-refractivity contribution in [3.63, 3.8) is 0 Å². The molecule has 0 radical (unpaired) electrons. The highest BCUT2D eigenvalue weighted by Gasteiger charge is 2.29. The number of nitrogens with zero attached hydrogens (tertiary/aromatic N) is 1. The van der Waals surface area contributed by atoms with Crippen LogP contribution < -0.4 is 10.6 Å². The van der Waals surface area contributed by atoms with Gasteiger partial charge in [-0.2, -0.15) is 5.10 Å². The second-order valence-corrected chi connectivity index (χ2v) is 7.27. The van der Waals surface area contributed by atoms with Gasteiger partial charge in [0.1, 0.15) is 0 Å². The van der Waals surface area contributed by atoms with Crippen LogP contribution in [0.1, 0.15) is 53.0 Å². The van der Waals surface area contributed by atoms with E-state index in [0.717, 1.165) is 43.6 Å². The van der Waals surface area contributed by atoms with Crippen molar-refractivity contribution in [2.45, 2.75) is 51.1 Å². The van der Waals surface area contributed by atoms with Crippen LogP contribution in [0.2, 0.25) is 0 Å². The lowest BCUT2D eigenvalue weighted by molar-refractivity contribution is 0.0899. The highest BCUT2D eigenvalue weighted by molar-refractivity contribution is 5.94. The number of aromatic nitrogens is 2. The molecule has 1 aromatic heterocycles. The van der Waals surface area contributed by atoms with Crippen molar-refractivity contribution in [1.29, 1.82) is 0 Å². The van der Waals surface area contributed by atoms with Crippen LogP contribution in [-0.4, -0.2) is 28.7 Å². The number of H-pyrrole nitrogens is 1. The maximum Gasteiger partial charge on any atom is 0.272 e. The Balaban J connectivity index is 0.00000196. The van der Waals surface area contributed by atoms with Gasteiger partial charge in [-0.15, -0.1) is 12.4 Å². The predicted octanol–water partition coefficient (Wildman–Crippen LogP) is 3.01. The lowest BCUT2D eigenvalue weighted by Crippen LogP contribution is -2.43. The Labute approximate surface area is 160 Å².